The number of nitrogens with one attached hydrogen (secondary N) is 1. The Morgan fingerprint density at radius 3 is 3.10 bits per heavy atom. The molecule has 6 nitrogen and oxygen atoms in total. The van der Waals surface area contributed by atoms with Gasteiger partial charge in [0.25, 0.3) is 0 Å². The maximum Gasteiger partial charge on any atom is 0.185 e. The third-order valence-electron chi connectivity index (χ3n) is 4.11. The third kappa shape index (κ3) is 3.20. The van der Waals surface area contributed by atoms with Crippen molar-refractivity contribution in [3.63, 3.8) is 0 Å². The summed E-state index contributed by atoms with van der Waals surface area (Å²) in [6.07, 6.45) is 2.35. The smallest absolute Gasteiger partial charge is 0.185 e. The summed E-state index contributed by atoms with van der Waals surface area (Å²) < 4.78 is 3.00. The van der Waals surface area contributed by atoms with E-state index in [4.69, 9.17) is 0 Å². The molecule has 0 saturated carbocycles. The van der Waals surface area contributed by atoms with E-state index in [1.54, 1.807) is 11.3 Å². The molecule has 116 valence electrons. The summed E-state index contributed by atoms with van der Waals surface area (Å²) in [7, 11) is 1.93. The highest BCUT2D eigenvalue weighted by molar-refractivity contribution is 7.22. The van der Waals surface area contributed by atoms with E-state index in [1.165, 1.54) is 11.1 Å². The van der Waals surface area contributed by atoms with Gasteiger partial charge in [0.05, 0.1) is 10.4 Å². The summed E-state index contributed by atoms with van der Waals surface area (Å²) in [6.45, 7) is 6.39. The SMILES string of the molecule is Cc1nn(C)c2nc(NCCN3CCC[C@@H](CO)C3)sc12. The average Bonchev–Trinajstić information content (AvgIpc) is 3.01. The molecule has 0 aliphatic carbocycles. The summed E-state index contributed by atoms with van der Waals surface area (Å²) in [5.74, 6) is 0.454. The number of aliphatic hydroxyl groups is 1. The zero-order chi connectivity index (χ0) is 14.8. The first kappa shape index (κ1) is 14.7. The summed E-state index contributed by atoms with van der Waals surface area (Å²) in [6, 6.07) is 0. The first-order valence-electron chi connectivity index (χ1n) is 7.54. The van der Waals surface area contributed by atoms with Gasteiger partial charge in [-0.3, -0.25) is 0 Å². The number of hydrogen-bond donors (Lipinski definition) is 2. The summed E-state index contributed by atoms with van der Waals surface area (Å²) >= 11 is 1.67. The molecule has 2 N–H and O–H groups in total. The third-order valence-corrected chi connectivity index (χ3v) is 5.22. The Balaban J connectivity index is 1.53. The molecule has 1 fully saturated rings. The number of anilines is 1. The van der Waals surface area contributed by atoms with Crippen LogP contribution < -0.4 is 5.32 Å². The Kier molecular flexibility index (Phi) is 4.42. The van der Waals surface area contributed by atoms with E-state index >= 15 is 0 Å². The van der Waals surface area contributed by atoms with Crippen LogP contribution in [0.5, 0.6) is 0 Å². The first-order chi connectivity index (χ1) is 10.2. The van der Waals surface area contributed by atoms with Gasteiger partial charge in [-0.2, -0.15) is 5.10 Å². The van der Waals surface area contributed by atoms with Crippen LogP contribution in [0.3, 0.4) is 0 Å². The van der Waals surface area contributed by atoms with Crippen LogP contribution in [0.4, 0.5) is 5.13 Å². The van der Waals surface area contributed by atoms with E-state index in [0.29, 0.717) is 12.5 Å². The van der Waals surface area contributed by atoms with Gasteiger partial charge in [0.2, 0.25) is 0 Å². The van der Waals surface area contributed by atoms with Crippen molar-refractivity contribution in [2.75, 3.05) is 38.1 Å². The number of piperidine rings is 1. The Morgan fingerprint density at radius 1 is 1.48 bits per heavy atom. The summed E-state index contributed by atoms with van der Waals surface area (Å²) in [5, 5.41) is 18.0. The second-order valence-electron chi connectivity index (χ2n) is 5.80. The van der Waals surface area contributed by atoms with E-state index in [9.17, 15) is 5.11 Å². The van der Waals surface area contributed by atoms with Crippen molar-refractivity contribution in [2.24, 2.45) is 13.0 Å². The standard InChI is InChI=1S/C14H23N5OS/c1-10-12-13(18(2)17-10)16-14(21-12)15-5-7-19-6-3-4-11(8-19)9-20/h11,20H,3-9H2,1-2H3,(H,15,16)/t11-/m1/s1. The molecule has 2 aromatic rings. The Labute approximate surface area is 128 Å². The fourth-order valence-electron chi connectivity index (χ4n) is 2.98. The predicted molar refractivity (Wildman–Crippen MR) is 85.9 cm³/mol. The van der Waals surface area contributed by atoms with E-state index in [1.807, 2.05) is 18.7 Å². The van der Waals surface area contributed by atoms with Gasteiger partial charge in [0.15, 0.2) is 10.8 Å². The Morgan fingerprint density at radius 2 is 2.33 bits per heavy atom. The molecule has 3 rings (SSSR count). The van der Waals surface area contributed by atoms with Crippen LogP contribution in [0.15, 0.2) is 0 Å². The van der Waals surface area contributed by atoms with Gasteiger partial charge in [0.1, 0.15) is 0 Å². The number of aromatic nitrogens is 3. The van der Waals surface area contributed by atoms with Crippen LogP contribution in [0, 0.1) is 12.8 Å². The number of rotatable bonds is 5. The molecule has 3 heterocycles. The van der Waals surface area contributed by atoms with Crippen molar-refractivity contribution >= 4 is 26.8 Å². The molecule has 2 aromatic heterocycles. The van der Waals surface area contributed by atoms with Crippen molar-refractivity contribution in [1.29, 1.82) is 0 Å². The van der Waals surface area contributed by atoms with E-state index in [2.05, 4.69) is 20.3 Å². The maximum atomic E-state index is 9.26. The van der Waals surface area contributed by atoms with Crippen LogP contribution in [0.1, 0.15) is 18.5 Å². The first-order valence-corrected chi connectivity index (χ1v) is 8.36. The lowest BCUT2D eigenvalue weighted by Gasteiger charge is -2.31. The quantitative estimate of drug-likeness (QED) is 0.875. The van der Waals surface area contributed by atoms with Gasteiger partial charge in [-0.1, -0.05) is 11.3 Å². The van der Waals surface area contributed by atoms with E-state index in [-0.39, 0.29) is 0 Å². The zero-order valence-corrected chi connectivity index (χ0v) is 13.5. The van der Waals surface area contributed by atoms with Gasteiger partial charge < -0.3 is 15.3 Å². The van der Waals surface area contributed by atoms with E-state index in [0.717, 1.165) is 49.1 Å². The molecule has 1 atom stereocenters. The topological polar surface area (TPSA) is 66.2 Å². The molecule has 7 heteroatoms. The number of nitrogens with zero attached hydrogens (tertiary/aromatic N) is 4. The summed E-state index contributed by atoms with van der Waals surface area (Å²) in [4.78, 5) is 7.02. The van der Waals surface area contributed by atoms with Crippen LogP contribution in [0.25, 0.3) is 10.3 Å². The van der Waals surface area contributed by atoms with Crippen molar-refractivity contribution in [2.45, 2.75) is 19.8 Å². The Bertz CT molecular complexity index is 573. The lowest BCUT2D eigenvalue weighted by molar-refractivity contribution is 0.123. The second kappa shape index (κ2) is 6.29. The van der Waals surface area contributed by atoms with Crippen molar-refractivity contribution in [3.8, 4) is 0 Å². The predicted octanol–water partition coefficient (Wildman–Crippen LogP) is 1.45. The number of likely N-dealkylation sites (tertiary alicyclic amines) is 1. The van der Waals surface area contributed by atoms with Crippen LogP contribution >= 0.6 is 11.3 Å². The van der Waals surface area contributed by atoms with Gasteiger partial charge in [-0.15, -0.1) is 0 Å². The van der Waals surface area contributed by atoms with E-state index < -0.39 is 0 Å². The van der Waals surface area contributed by atoms with Gasteiger partial charge in [0, 0.05) is 33.3 Å². The number of aryl methyl sites for hydroxylation is 2. The molecule has 1 aliphatic rings. The molecule has 21 heavy (non-hydrogen) atoms. The molecular formula is C14H23N5OS. The molecule has 0 unspecified atom stereocenters. The number of aliphatic hydroxyl groups excluding tert-OH is 1. The van der Waals surface area contributed by atoms with Crippen LogP contribution in [0.2, 0.25) is 0 Å². The highest BCUT2D eigenvalue weighted by Crippen LogP contribution is 2.27. The minimum absolute atomic E-state index is 0.314. The highest BCUT2D eigenvalue weighted by atomic mass is 32.1. The van der Waals surface area contributed by atoms with Crippen molar-refractivity contribution < 1.29 is 5.11 Å². The molecular weight excluding hydrogens is 286 g/mol. The Hall–Kier alpha value is -1.18. The maximum absolute atomic E-state index is 9.26. The summed E-state index contributed by atoms with van der Waals surface area (Å²) in [5.41, 5.74) is 2.00. The minimum atomic E-state index is 0.314. The lowest BCUT2D eigenvalue weighted by atomic mass is 9.99. The molecule has 1 saturated heterocycles. The fourth-order valence-corrected chi connectivity index (χ4v) is 3.94. The number of hydrogen-bond acceptors (Lipinski definition) is 6. The van der Waals surface area contributed by atoms with Crippen molar-refractivity contribution in [1.82, 2.24) is 19.7 Å². The number of thiazole rings is 1. The molecule has 0 bridgehead atoms. The van der Waals surface area contributed by atoms with Gasteiger partial charge >= 0.3 is 0 Å². The second-order valence-corrected chi connectivity index (χ2v) is 6.80. The van der Waals surface area contributed by atoms with Crippen molar-refractivity contribution in [3.05, 3.63) is 5.69 Å². The highest BCUT2D eigenvalue weighted by Gasteiger charge is 2.18. The molecule has 1 aliphatic heterocycles. The molecule has 0 amide bonds. The number of fused-ring (bicyclic) bond motifs is 1. The van der Waals surface area contributed by atoms with Gasteiger partial charge in [-0.25, -0.2) is 9.67 Å². The average molecular weight is 309 g/mol. The molecule has 0 aromatic carbocycles. The largest absolute Gasteiger partial charge is 0.396 e. The van der Waals surface area contributed by atoms with Gasteiger partial charge in [-0.05, 0) is 32.2 Å². The van der Waals surface area contributed by atoms with Crippen LogP contribution in [-0.4, -0.2) is 57.6 Å². The lowest BCUT2D eigenvalue weighted by Crippen LogP contribution is -2.39. The normalized spacial score (nSPS) is 20.2. The fraction of sp³-hybridized carbons (Fsp3) is 0.714. The molecule has 0 spiro atoms. The minimum Gasteiger partial charge on any atom is -0.396 e. The molecule has 0 radical (unpaired) electrons. The zero-order valence-electron chi connectivity index (χ0n) is 12.7. The monoisotopic (exact) mass is 309 g/mol. The van der Waals surface area contributed by atoms with Crippen LogP contribution in [-0.2, 0) is 7.05 Å².